The third-order valence-corrected chi connectivity index (χ3v) is 4.28. The minimum Gasteiger partial charge on any atom is -0.492 e. The van der Waals surface area contributed by atoms with Gasteiger partial charge >= 0.3 is 0 Å². The van der Waals surface area contributed by atoms with Crippen LogP contribution in [-0.2, 0) is 4.79 Å². The van der Waals surface area contributed by atoms with Crippen LogP contribution in [-0.4, -0.2) is 25.1 Å². The monoisotopic (exact) mass is 324 g/mol. The van der Waals surface area contributed by atoms with Gasteiger partial charge in [0.25, 0.3) is 0 Å². The fourth-order valence-electron chi connectivity index (χ4n) is 2.99. The largest absolute Gasteiger partial charge is 0.492 e. The maximum absolute atomic E-state index is 12.8. The average molecular weight is 324 g/mol. The third kappa shape index (κ3) is 3.37. The molecule has 0 aromatic heterocycles. The van der Waals surface area contributed by atoms with E-state index in [4.69, 9.17) is 4.74 Å². The molecule has 4 nitrogen and oxygen atoms in total. The Labute approximate surface area is 143 Å². The lowest BCUT2D eigenvalue weighted by atomic mass is 9.99. The normalized spacial score (nSPS) is 16.8. The van der Waals surface area contributed by atoms with E-state index in [1.165, 1.54) is 0 Å². The highest BCUT2D eigenvalue weighted by molar-refractivity contribution is 6.05. The fraction of sp³-hybridized carbons (Fsp3) is 0.350. The summed E-state index contributed by atoms with van der Waals surface area (Å²) in [5, 5.41) is 3.36. The van der Waals surface area contributed by atoms with Crippen LogP contribution in [0.3, 0.4) is 0 Å². The molecule has 2 aromatic carbocycles. The molecule has 0 radical (unpaired) electrons. The summed E-state index contributed by atoms with van der Waals surface area (Å²) in [7, 11) is 0. The van der Waals surface area contributed by atoms with Gasteiger partial charge in [0.05, 0.1) is 17.9 Å². The van der Waals surface area contributed by atoms with Crippen LogP contribution in [0.2, 0.25) is 0 Å². The molecule has 0 fully saturated rings. The van der Waals surface area contributed by atoms with Gasteiger partial charge in [-0.05, 0) is 42.7 Å². The van der Waals surface area contributed by atoms with Crippen LogP contribution in [0, 0.1) is 12.8 Å². The van der Waals surface area contributed by atoms with Gasteiger partial charge in [-0.1, -0.05) is 38.1 Å². The summed E-state index contributed by atoms with van der Waals surface area (Å²) >= 11 is 0. The predicted octanol–water partition coefficient (Wildman–Crippen LogP) is 3.86. The minimum atomic E-state index is -0.195. The Morgan fingerprint density at radius 3 is 2.71 bits per heavy atom. The fourth-order valence-corrected chi connectivity index (χ4v) is 2.99. The second kappa shape index (κ2) is 6.95. The number of ether oxygens (including phenoxy) is 1. The first kappa shape index (κ1) is 16.4. The Hall–Kier alpha value is -2.49. The molecular formula is C20H24N2O2. The van der Waals surface area contributed by atoms with Gasteiger partial charge < -0.3 is 15.0 Å². The second-order valence-electron chi connectivity index (χ2n) is 6.54. The van der Waals surface area contributed by atoms with Crippen LogP contribution in [0.15, 0.2) is 48.5 Å². The van der Waals surface area contributed by atoms with E-state index in [9.17, 15) is 4.79 Å². The van der Waals surface area contributed by atoms with Crippen molar-refractivity contribution in [3.8, 4) is 5.75 Å². The van der Waals surface area contributed by atoms with Crippen molar-refractivity contribution >= 4 is 17.3 Å². The van der Waals surface area contributed by atoms with Gasteiger partial charge in [0.15, 0.2) is 0 Å². The molecule has 126 valence electrons. The van der Waals surface area contributed by atoms with Gasteiger partial charge in [0, 0.05) is 0 Å². The maximum atomic E-state index is 12.8. The number of anilines is 2. The van der Waals surface area contributed by atoms with Crippen LogP contribution in [0.4, 0.5) is 11.4 Å². The summed E-state index contributed by atoms with van der Waals surface area (Å²) in [6.07, 6.45) is 0. The molecule has 24 heavy (non-hydrogen) atoms. The first-order valence-electron chi connectivity index (χ1n) is 8.42. The van der Waals surface area contributed by atoms with Gasteiger partial charge in [-0.15, -0.1) is 0 Å². The highest BCUT2D eigenvalue weighted by Gasteiger charge is 2.33. The van der Waals surface area contributed by atoms with E-state index in [-0.39, 0.29) is 17.9 Å². The lowest BCUT2D eigenvalue weighted by Gasteiger charge is -2.37. The SMILES string of the molecule is Cc1cccc(OCCN2C(=O)C(C(C)C)Nc3ccccc32)c1. The highest BCUT2D eigenvalue weighted by Crippen LogP contribution is 2.32. The van der Waals surface area contributed by atoms with Crippen LogP contribution in [0.5, 0.6) is 5.75 Å². The second-order valence-corrected chi connectivity index (χ2v) is 6.54. The van der Waals surface area contributed by atoms with Crippen molar-refractivity contribution in [3.63, 3.8) is 0 Å². The van der Waals surface area contributed by atoms with Crippen molar-refractivity contribution < 1.29 is 9.53 Å². The van der Waals surface area contributed by atoms with Crippen LogP contribution >= 0.6 is 0 Å². The zero-order chi connectivity index (χ0) is 17.1. The lowest BCUT2D eigenvalue weighted by molar-refractivity contribution is -0.120. The molecule has 2 aromatic rings. The van der Waals surface area contributed by atoms with Crippen molar-refractivity contribution in [2.75, 3.05) is 23.4 Å². The van der Waals surface area contributed by atoms with Crippen molar-refractivity contribution in [3.05, 3.63) is 54.1 Å². The molecule has 1 aliphatic rings. The Bertz CT molecular complexity index is 727. The van der Waals surface area contributed by atoms with Crippen LogP contribution < -0.4 is 15.0 Å². The molecule has 1 unspecified atom stereocenters. The number of nitrogens with zero attached hydrogens (tertiary/aromatic N) is 1. The molecule has 0 saturated heterocycles. The minimum absolute atomic E-state index is 0.108. The summed E-state index contributed by atoms with van der Waals surface area (Å²) in [4.78, 5) is 14.7. The molecule has 1 N–H and O–H groups in total. The number of hydrogen-bond donors (Lipinski definition) is 1. The predicted molar refractivity (Wildman–Crippen MR) is 97.7 cm³/mol. The zero-order valence-corrected chi connectivity index (χ0v) is 14.5. The van der Waals surface area contributed by atoms with Crippen molar-refractivity contribution in [1.29, 1.82) is 0 Å². The lowest BCUT2D eigenvalue weighted by Crippen LogP contribution is -2.50. The number of carbonyl (C=O) groups is 1. The summed E-state index contributed by atoms with van der Waals surface area (Å²) < 4.78 is 5.83. The molecule has 1 heterocycles. The molecule has 0 bridgehead atoms. The molecule has 0 spiro atoms. The molecule has 0 aliphatic carbocycles. The third-order valence-electron chi connectivity index (χ3n) is 4.28. The summed E-state index contributed by atoms with van der Waals surface area (Å²) in [5.41, 5.74) is 3.09. The summed E-state index contributed by atoms with van der Waals surface area (Å²) in [6, 6.07) is 15.7. The number of aryl methyl sites for hydroxylation is 1. The Morgan fingerprint density at radius 1 is 1.17 bits per heavy atom. The molecule has 1 atom stereocenters. The van der Waals surface area contributed by atoms with Crippen LogP contribution in [0.25, 0.3) is 0 Å². The number of para-hydroxylation sites is 2. The average Bonchev–Trinajstić information content (AvgIpc) is 2.56. The van der Waals surface area contributed by atoms with Gasteiger partial charge in [0.1, 0.15) is 18.4 Å². The Kier molecular flexibility index (Phi) is 4.74. The smallest absolute Gasteiger partial charge is 0.249 e. The van der Waals surface area contributed by atoms with Gasteiger partial charge in [-0.2, -0.15) is 0 Å². The number of fused-ring (bicyclic) bond motifs is 1. The van der Waals surface area contributed by atoms with E-state index >= 15 is 0 Å². The van der Waals surface area contributed by atoms with E-state index in [2.05, 4.69) is 19.2 Å². The molecule has 4 heteroatoms. The Morgan fingerprint density at radius 2 is 1.96 bits per heavy atom. The van der Waals surface area contributed by atoms with Gasteiger partial charge in [-0.25, -0.2) is 0 Å². The van der Waals surface area contributed by atoms with E-state index in [0.29, 0.717) is 13.2 Å². The molecule has 0 saturated carbocycles. The van der Waals surface area contributed by atoms with Crippen molar-refractivity contribution in [1.82, 2.24) is 0 Å². The highest BCUT2D eigenvalue weighted by atomic mass is 16.5. The summed E-state index contributed by atoms with van der Waals surface area (Å²) in [5.74, 6) is 1.17. The number of carbonyl (C=O) groups excluding carboxylic acids is 1. The Balaban J connectivity index is 1.74. The first-order valence-corrected chi connectivity index (χ1v) is 8.42. The van der Waals surface area contributed by atoms with Crippen molar-refractivity contribution in [2.24, 2.45) is 5.92 Å². The molecule has 1 aliphatic heterocycles. The van der Waals surface area contributed by atoms with E-state index in [0.717, 1.165) is 22.7 Å². The standard InChI is InChI=1S/C20H24N2O2/c1-14(2)19-20(23)22(18-10-5-4-9-17(18)21-19)11-12-24-16-8-6-7-15(3)13-16/h4-10,13-14,19,21H,11-12H2,1-3H3. The number of amides is 1. The molecular weight excluding hydrogens is 300 g/mol. The van der Waals surface area contributed by atoms with E-state index < -0.39 is 0 Å². The molecule has 3 rings (SSSR count). The number of nitrogens with one attached hydrogen (secondary N) is 1. The number of hydrogen-bond acceptors (Lipinski definition) is 3. The first-order chi connectivity index (χ1) is 11.6. The zero-order valence-electron chi connectivity index (χ0n) is 14.5. The van der Waals surface area contributed by atoms with Crippen LogP contribution in [0.1, 0.15) is 19.4 Å². The van der Waals surface area contributed by atoms with Crippen molar-refractivity contribution in [2.45, 2.75) is 26.8 Å². The number of rotatable bonds is 5. The quantitative estimate of drug-likeness (QED) is 0.908. The maximum Gasteiger partial charge on any atom is 0.249 e. The van der Waals surface area contributed by atoms with E-state index in [1.54, 1.807) is 0 Å². The van der Waals surface area contributed by atoms with Gasteiger partial charge in [0.2, 0.25) is 5.91 Å². The van der Waals surface area contributed by atoms with Gasteiger partial charge in [-0.3, -0.25) is 4.79 Å². The summed E-state index contributed by atoms with van der Waals surface area (Å²) in [6.45, 7) is 7.16. The topological polar surface area (TPSA) is 41.6 Å². The number of benzene rings is 2. The molecule has 1 amide bonds. The van der Waals surface area contributed by atoms with E-state index in [1.807, 2.05) is 60.4 Å².